The average Bonchev–Trinajstić information content (AvgIpc) is 3.07. The molecule has 1 aliphatic rings. The van der Waals surface area contributed by atoms with Crippen molar-refractivity contribution in [2.45, 2.75) is 52.4 Å². The predicted molar refractivity (Wildman–Crippen MR) is 126 cm³/mol. The smallest absolute Gasteiger partial charge is 0.100 e. The van der Waals surface area contributed by atoms with Gasteiger partial charge in [0.1, 0.15) is 6.67 Å². The molecule has 0 N–H and O–H groups in total. The van der Waals surface area contributed by atoms with Crippen LogP contribution in [0.5, 0.6) is 0 Å². The highest BCUT2D eigenvalue weighted by Crippen LogP contribution is 2.44. The lowest BCUT2D eigenvalue weighted by atomic mass is 9.87. The largest absolute Gasteiger partial charge is 0.321 e. The Kier molecular flexibility index (Phi) is 4.69. The van der Waals surface area contributed by atoms with Crippen LogP contribution in [-0.2, 0) is 10.8 Å². The molecule has 0 spiro atoms. The van der Waals surface area contributed by atoms with E-state index >= 15 is 0 Å². The Morgan fingerprint density at radius 1 is 0.517 bits per heavy atom. The first-order valence-corrected chi connectivity index (χ1v) is 10.5. The summed E-state index contributed by atoms with van der Waals surface area (Å²) in [6.07, 6.45) is 0. The van der Waals surface area contributed by atoms with Crippen molar-refractivity contribution < 1.29 is 0 Å². The number of hydrogen-bond acceptors (Lipinski definition) is 2. The van der Waals surface area contributed by atoms with E-state index in [4.69, 9.17) is 0 Å². The zero-order valence-electron chi connectivity index (χ0n) is 18.5. The fourth-order valence-electron chi connectivity index (χ4n) is 3.94. The monoisotopic (exact) mass is 384 g/mol. The van der Waals surface area contributed by atoms with E-state index in [9.17, 15) is 0 Å². The molecule has 0 atom stereocenters. The van der Waals surface area contributed by atoms with Gasteiger partial charge in [-0.3, -0.25) is 0 Å². The maximum atomic E-state index is 2.40. The molecule has 2 nitrogen and oxygen atoms in total. The van der Waals surface area contributed by atoms with E-state index in [1.54, 1.807) is 0 Å². The van der Waals surface area contributed by atoms with Gasteiger partial charge < -0.3 is 9.80 Å². The number of hydrogen-bond donors (Lipinski definition) is 0. The minimum absolute atomic E-state index is 0.169. The summed E-state index contributed by atoms with van der Waals surface area (Å²) >= 11 is 0. The minimum Gasteiger partial charge on any atom is -0.321 e. The number of fused-ring (bicyclic) bond motifs is 1. The van der Waals surface area contributed by atoms with E-state index in [1.165, 1.54) is 33.9 Å². The first-order chi connectivity index (χ1) is 13.6. The fourth-order valence-corrected chi connectivity index (χ4v) is 3.94. The third-order valence-electron chi connectivity index (χ3n) is 5.84. The van der Waals surface area contributed by atoms with Gasteiger partial charge in [0.25, 0.3) is 0 Å². The summed E-state index contributed by atoms with van der Waals surface area (Å²) < 4.78 is 0. The Labute approximate surface area is 175 Å². The van der Waals surface area contributed by atoms with Crippen LogP contribution < -0.4 is 9.80 Å². The van der Waals surface area contributed by atoms with E-state index in [-0.39, 0.29) is 10.8 Å². The van der Waals surface area contributed by atoms with Gasteiger partial charge in [0, 0.05) is 11.4 Å². The molecule has 0 saturated heterocycles. The second-order valence-electron chi connectivity index (χ2n) is 10.1. The van der Waals surface area contributed by atoms with Gasteiger partial charge in [0.05, 0.1) is 11.4 Å². The molecule has 2 heteroatoms. The van der Waals surface area contributed by atoms with E-state index in [2.05, 4.69) is 124 Å². The molecule has 1 aliphatic heterocycles. The second-order valence-corrected chi connectivity index (χ2v) is 10.1. The normalized spacial score (nSPS) is 14.3. The van der Waals surface area contributed by atoms with Crippen molar-refractivity contribution in [3.05, 3.63) is 83.9 Å². The summed E-state index contributed by atoms with van der Waals surface area (Å²) in [5.41, 5.74) is 8.06. The Hall–Kier alpha value is -2.74. The Balaban J connectivity index is 1.68. The standard InChI is InChI=1S/C27H32N2/c1-26(2,3)20-11-15-22(16-12-20)28-19-29(25-10-8-7-9-24(25)28)23-17-13-21(14-18-23)27(4,5)6/h7-18H,19H2,1-6H3. The van der Waals surface area contributed by atoms with Crippen molar-refractivity contribution in [2.24, 2.45) is 0 Å². The highest BCUT2D eigenvalue weighted by Gasteiger charge is 2.28. The maximum Gasteiger partial charge on any atom is 0.100 e. The van der Waals surface area contributed by atoms with E-state index in [0.29, 0.717) is 0 Å². The molecule has 0 aromatic heterocycles. The molecule has 3 aromatic rings. The minimum atomic E-state index is 0.169. The zero-order chi connectivity index (χ0) is 20.8. The van der Waals surface area contributed by atoms with Crippen LogP contribution in [0.25, 0.3) is 0 Å². The van der Waals surface area contributed by atoms with Gasteiger partial charge in [0.2, 0.25) is 0 Å². The number of anilines is 4. The second kappa shape index (κ2) is 6.95. The van der Waals surface area contributed by atoms with Gasteiger partial charge in [-0.05, 0) is 58.4 Å². The maximum absolute atomic E-state index is 2.40. The van der Waals surface area contributed by atoms with Crippen molar-refractivity contribution in [3.63, 3.8) is 0 Å². The lowest BCUT2D eigenvalue weighted by molar-refractivity contribution is 0.590. The van der Waals surface area contributed by atoms with E-state index < -0.39 is 0 Å². The van der Waals surface area contributed by atoms with E-state index in [0.717, 1.165) is 6.67 Å². The molecule has 0 radical (unpaired) electrons. The lowest BCUT2D eigenvalue weighted by Gasteiger charge is -2.25. The van der Waals surface area contributed by atoms with Gasteiger partial charge in [-0.1, -0.05) is 77.9 Å². The molecule has 0 aliphatic carbocycles. The van der Waals surface area contributed by atoms with Crippen molar-refractivity contribution in [1.29, 1.82) is 0 Å². The number of rotatable bonds is 2. The lowest BCUT2D eigenvalue weighted by Crippen LogP contribution is -2.24. The first kappa shape index (κ1) is 19.6. The molecule has 3 aromatic carbocycles. The first-order valence-electron chi connectivity index (χ1n) is 10.5. The van der Waals surface area contributed by atoms with Crippen molar-refractivity contribution in [1.82, 2.24) is 0 Å². The molecule has 150 valence electrons. The third-order valence-corrected chi connectivity index (χ3v) is 5.84. The molecular formula is C27H32N2. The summed E-state index contributed by atoms with van der Waals surface area (Å²) in [6, 6.07) is 26.8. The number of benzene rings is 3. The SMILES string of the molecule is CC(C)(C)c1ccc(N2CN(c3ccc(C(C)(C)C)cc3)c3ccccc32)cc1. The van der Waals surface area contributed by atoms with Crippen LogP contribution in [-0.4, -0.2) is 6.67 Å². The summed E-state index contributed by atoms with van der Waals surface area (Å²) in [7, 11) is 0. The zero-order valence-corrected chi connectivity index (χ0v) is 18.5. The Morgan fingerprint density at radius 3 is 1.17 bits per heavy atom. The predicted octanol–water partition coefficient (Wildman–Crippen LogP) is 7.53. The van der Waals surface area contributed by atoms with Gasteiger partial charge in [-0.25, -0.2) is 0 Å². The van der Waals surface area contributed by atoms with Crippen LogP contribution in [0.15, 0.2) is 72.8 Å². The summed E-state index contributed by atoms with van der Waals surface area (Å²) in [4.78, 5) is 4.80. The van der Waals surface area contributed by atoms with Gasteiger partial charge in [-0.2, -0.15) is 0 Å². The van der Waals surface area contributed by atoms with Crippen LogP contribution in [0, 0.1) is 0 Å². The molecule has 0 bridgehead atoms. The van der Waals surface area contributed by atoms with Crippen molar-refractivity contribution >= 4 is 22.7 Å². The molecule has 4 rings (SSSR count). The highest BCUT2D eigenvalue weighted by molar-refractivity contribution is 5.86. The summed E-state index contributed by atoms with van der Waals surface area (Å²) in [5.74, 6) is 0. The number of para-hydroxylation sites is 2. The third kappa shape index (κ3) is 3.76. The molecule has 0 amide bonds. The quantitative estimate of drug-likeness (QED) is 0.450. The number of nitrogens with zero attached hydrogens (tertiary/aromatic N) is 2. The fraction of sp³-hybridized carbons (Fsp3) is 0.333. The molecule has 29 heavy (non-hydrogen) atoms. The molecule has 0 unspecified atom stereocenters. The van der Waals surface area contributed by atoms with Gasteiger partial charge >= 0.3 is 0 Å². The highest BCUT2D eigenvalue weighted by atomic mass is 15.4. The average molecular weight is 385 g/mol. The van der Waals surface area contributed by atoms with Gasteiger partial charge in [-0.15, -0.1) is 0 Å². The van der Waals surface area contributed by atoms with Crippen LogP contribution in [0.3, 0.4) is 0 Å². The van der Waals surface area contributed by atoms with Gasteiger partial charge in [0.15, 0.2) is 0 Å². The Morgan fingerprint density at radius 2 is 0.862 bits per heavy atom. The molecule has 0 saturated carbocycles. The molecule has 0 fully saturated rings. The Bertz CT molecular complexity index is 904. The van der Waals surface area contributed by atoms with E-state index in [1.807, 2.05) is 0 Å². The summed E-state index contributed by atoms with van der Waals surface area (Å²) in [5, 5.41) is 0. The van der Waals surface area contributed by atoms with Crippen LogP contribution in [0.2, 0.25) is 0 Å². The molecule has 1 heterocycles. The topological polar surface area (TPSA) is 6.48 Å². The molecular weight excluding hydrogens is 352 g/mol. The summed E-state index contributed by atoms with van der Waals surface area (Å²) in [6.45, 7) is 14.4. The van der Waals surface area contributed by atoms with Crippen LogP contribution in [0.1, 0.15) is 52.7 Å². The van der Waals surface area contributed by atoms with Crippen molar-refractivity contribution in [3.8, 4) is 0 Å². The van der Waals surface area contributed by atoms with Crippen LogP contribution >= 0.6 is 0 Å². The van der Waals surface area contributed by atoms with Crippen molar-refractivity contribution in [2.75, 3.05) is 16.5 Å². The van der Waals surface area contributed by atoms with Crippen LogP contribution in [0.4, 0.5) is 22.7 Å².